The lowest BCUT2D eigenvalue weighted by atomic mass is 10.1. The zero-order valence-electron chi connectivity index (χ0n) is 12.9. The maximum absolute atomic E-state index is 8.94. The molecule has 0 atom stereocenters. The number of aliphatic hydroxyl groups excluding tert-OH is 1. The molecule has 0 unspecified atom stereocenters. The molecule has 23 heavy (non-hydrogen) atoms. The summed E-state index contributed by atoms with van der Waals surface area (Å²) >= 11 is 0. The molecule has 3 aromatic rings. The van der Waals surface area contributed by atoms with Crippen LogP contribution in [-0.4, -0.2) is 34.8 Å². The van der Waals surface area contributed by atoms with E-state index in [1.807, 2.05) is 42.5 Å². The number of anilines is 2. The molecule has 0 aliphatic heterocycles. The zero-order valence-corrected chi connectivity index (χ0v) is 12.9. The van der Waals surface area contributed by atoms with E-state index in [1.54, 1.807) is 0 Å². The Morgan fingerprint density at radius 3 is 2.43 bits per heavy atom. The third-order valence-electron chi connectivity index (χ3n) is 3.55. The van der Waals surface area contributed by atoms with E-state index < -0.39 is 0 Å². The standard InChI is InChI=1S/C18H20N4O/c23-13-12-20-18-21-16-9-5-4-8-15(16)17(22-18)19-11-10-14-6-2-1-3-7-14/h1-9,23H,10-13H2,(H2,19,20,21,22). The predicted octanol–water partition coefficient (Wildman–Crippen LogP) is 2.69. The topological polar surface area (TPSA) is 70.1 Å². The Morgan fingerprint density at radius 2 is 1.61 bits per heavy atom. The molecule has 0 bridgehead atoms. The fourth-order valence-electron chi connectivity index (χ4n) is 2.43. The van der Waals surface area contributed by atoms with Crippen molar-refractivity contribution in [3.05, 3.63) is 60.2 Å². The molecule has 118 valence electrons. The van der Waals surface area contributed by atoms with Crippen LogP contribution in [0.15, 0.2) is 54.6 Å². The van der Waals surface area contributed by atoms with Crippen molar-refractivity contribution in [1.82, 2.24) is 9.97 Å². The van der Waals surface area contributed by atoms with Gasteiger partial charge < -0.3 is 15.7 Å². The van der Waals surface area contributed by atoms with Crippen LogP contribution in [-0.2, 0) is 6.42 Å². The molecule has 3 N–H and O–H groups in total. The third-order valence-corrected chi connectivity index (χ3v) is 3.55. The summed E-state index contributed by atoms with van der Waals surface area (Å²) in [5.41, 5.74) is 2.17. The minimum Gasteiger partial charge on any atom is -0.395 e. The number of para-hydroxylation sites is 1. The third kappa shape index (κ3) is 3.96. The molecule has 0 saturated carbocycles. The number of hydrogen-bond acceptors (Lipinski definition) is 5. The molecule has 0 spiro atoms. The molecule has 0 aliphatic carbocycles. The smallest absolute Gasteiger partial charge is 0.225 e. The van der Waals surface area contributed by atoms with Gasteiger partial charge in [-0.05, 0) is 24.1 Å². The number of nitrogens with one attached hydrogen (secondary N) is 2. The fraction of sp³-hybridized carbons (Fsp3) is 0.222. The first-order valence-corrected chi connectivity index (χ1v) is 7.76. The SMILES string of the molecule is OCCNc1nc(NCCc2ccccc2)c2ccccc2n1. The van der Waals surface area contributed by atoms with E-state index in [2.05, 4.69) is 32.7 Å². The average molecular weight is 308 g/mol. The van der Waals surface area contributed by atoms with Crippen LogP contribution in [0.1, 0.15) is 5.56 Å². The minimum atomic E-state index is 0.0486. The summed E-state index contributed by atoms with van der Waals surface area (Å²) < 4.78 is 0. The summed E-state index contributed by atoms with van der Waals surface area (Å²) in [6.45, 7) is 1.28. The summed E-state index contributed by atoms with van der Waals surface area (Å²) in [5, 5.41) is 16.4. The van der Waals surface area contributed by atoms with Crippen molar-refractivity contribution in [3.8, 4) is 0 Å². The molecule has 5 nitrogen and oxygen atoms in total. The Balaban J connectivity index is 1.77. The van der Waals surface area contributed by atoms with E-state index in [0.29, 0.717) is 12.5 Å². The molecule has 1 heterocycles. The quantitative estimate of drug-likeness (QED) is 0.626. The van der Waals surface area contributed by atoms with Crippen LogP contribution in [0.4, 0.5) is 11.8 Å². The summed E-state index contributed by atoms with van der Waals surface area (Å²) in [7, 11) is 0. The van der Waals surface area contributed by atoms with E-state index in [-0.39, 0.29) is 6.61 Å². The molecule has 3 rings (SSSR count). The summed E-state index contributed by atoms with van der Waals surface area (Å²) in [6, 6.07) is 18.3. The van der Waals surface area contributed by atoms with Gasteiger partial charge in [-0.2, -0.15) is 4.98 Å². The van der Waals surface area contributed by atoms with Gasteiger partial charge in [0.1, 0.15) is 5.82 Å². The first-order chi connectivity index (χ1) is 11.4. The average Bonchev–Trinajstić information content (AvgIpc) is 2.61. The number of nitrogens with zero attached hydrogens (tertiary/aromatic N) is 2. The van der Waals surface area contributed by atoms with Gasteiger partial charge in [-0.1, -0.05) is 42.5 Å². The molecule has 0 saturated heterocycles. The normalized spacial score (nSPS) is 10.7. The largest absolute Gasteiger partial charge is 0.395 e. The van der Waals surface area contributed by atoms with Crippen molar-refractivity contribution >= 4 is 22.7 Å². The van der Waals surface area contributed by atoms with Gasteiger partial charge in [0.15, 0.2) is 0 Å². The Labute approximate surface area is 135 Å². The van der Waals surface area contributed by atoms with Gasteiger partial charge in [-0.25, -0.2) is 4.98 Å². The van der Waals surface area contributed by atoms with E-state index in [4.69, 9.17) is 5.11 Å². The maximum Gasteiger partial charge on any atom is 0.225 e. The van der Waals surface area contributed by atoms with Gasteiger partial charge >= 0.3 is 0 Å². The summed E-state index contributed by atoms with van der Waals surface area (Å²) in [4.78, 5) is 8.99. The molecule has 0 fully saturated rings. The molecule has 1 aromatic heterocycles. The highest BCUT2D eigenvalue weighted by molar-refractivity contribution is 5.90. The highest BCUT2D eigenvalue weighted by Crippen LogP contribution is 2.21. The fourth-order valence-corrected chi connectivity index (χ4v) is 2.43. The zero-order chi connectivity index (χ0) is 15.9. The Morgan fingerprint density at radius 1 is 0.826 bits per heavy atom. The first-order valence-electron chi connectivity index (χ1n) is 7.76. The van der Waals surface area contributed by atoms with Crippen molar-refractivity contribution in [3.63, 3.8) is 0 Å². The van der Waals surface area contributed by atoms with Gasteiger partial charge in [-0.15, -0.1) is 0 Å². The Bertz CT molecular complexity index is 761. The number of aliphatic hydroxyl groups is 1. The van der Waals surface area contributed by atoms with E-state index in [0.717, 1.165) is 29.7 Å². The highest BCUT2D eigenvalue weighted by atomic mass is 16.3. The molecular weight excluding hydrogens is 288 g/mol. The lowest BCUT2D eigenvalue weighted by Gasteiger charge is -2.11. The Hall–Kier alpha value is -2.66. The van der Waals surface area contributed by atoms with Crippen LogP contribution in [0.2, 0.25) is 0 Å². The molecule has 5 heteroatoms. The molecule has 0 amide bonds. The van der Waals surface area contributed by atoms with Crippen molar-refractivity contribution in [2.75, 3.05) is 30.3 Å². The van der Waals surface area contributed by atoms with Crippen molar-refractivity contribution < 1.29 is 5.11 Å². The van der Waals surface area contributed by atoms with Crippen LogP contribution in [0.3, 0.4) is 0 Å². The monoisotopic (exact) mass is 308 g/mol. The number of aromatic nitrogens is 2. The van der Waals surface area contributed by atoms with Crippen molar-refractivity contribution in [2.45, 2.75) is 6.42 Å². The molecule has 0 radical (unpaired) electrons. The lowest BCUT2D eigenvalue weighted by molar-refractivity contribution is 0.311. The lowest BCUT2D eigenvalue weighted by Crippen LogP contribution is -2.12. The molecular formula is C18H20N4O. The number of rotatable bonds is 7. The second kappa shape index (κ2) is 7.56. The first kappa shape index (κ1) is 15.2. The van der Waals surface area contributed by atoms with Gasteiger partial charge in [0.2, 0.25) is 5.95 Å². The van der Waals surface area contributed by atoms with Crippen LogP contribution >= 0.6 is 0 Å². The van der Waals surface area contributed by atoms with Crippen LogP contribution in [0.5, 0.6) is 0 Å². The van der Waals surface area contributed by atoms with Gasteiger partial charge in [0, 0.05) is 18.5 Å². The Kier molecular flexibility index (Phi) is 5.01. The van der Waals surface area contributed by atoms with Crippen molar-refractivity contribution in [2.24, 2.45) is 0 Å². The molecule has 0 aliphatic rings. The van der Waals surface area contributed by atoms with Crippen LogP contribution in [0, 0.1) is 0 Å². The van der Waals surface area contributed by atoms with Gasteiger partial charge in [-0.3, -0.25) is 0 Å². The molecule has 2 aromatic carbocycles. The van der Waals surface area contributed by atoms with Gasteiger partial charge in [0.05, 0.1) is 12.1 Å². The van der Waals surface area contributed by atoms with E-state index in [1.165, 1.54) is 5.56 Å². The van der Waals surface area contributed by atoms with Crippen molar-refractivity contribution in [1.29, 1.82) is 0 Å². The second-order valence-electron chi connectivity index (χ2n) is 5.23. The maximum atomic E-state index is 8.94. The number of benzene rings is 2. The van der Waals surface area contributed by atoms with Gasteiger partial charge in [0.25, 0.3) is 0 Å². The van der Waals surface area contributed by atoms with Crippen LogP contribution in [0.25, 0.3) is 10.9 Å². The predicted molar refractivity (Wildman–Crippen MR) is 93.7 cm³/mol. The number of fused-ring (bicyclic) bond motifs is 1. The number of hydrogen-bond donors (Lipinski definition) is 3. The van der Waals surface area contributed by atoms with Crippen LogP contribution < -0.4 is 10.6 Å². The van der Waals surface area contributed by atoms with E-state index >= 15 is 0 Å². The highest BCUT2D eigenvalue weighted by Gasteiger charge is 2.06. The summed E-state index contributed by atoms with van der Waals surface area (Å²) in [5.74, 6) is 1.34. The second-order valence-corrected chi connectivity index (χ2v) is 5.23. The summed E-state index contributed by atoms with van der Waals surface area (Å²) in [6.07, 6.45) is 0.929. The minimum absolute atomic E-state index is 0.0486. The van der Waals surface area contributed by atoms with E-state index in [9.17, 15) is 0 Å².